The molecule has 0 amide bonds. The highest BCUT2D eigenvalue weighted by molar-refractivity contribution is 5.72. The number of ether oxygens (including phenoxy) is 1. The van der Waals surface area contributed by atoms with Crippen LogP contribution in [0.5, 0.6) is 0 Å². The van der Waals surface area contributed by atoms with Gasteiger partial charge >= 0.3 is 5.97 Å². The molecule has 3 heteroatoms. The quantitative estimate of drug-likeness (QED) is 0.726. The highest BCUT2D eigenvalue weighted by Crippen LogP contribution is 2.17. The average molecular weight is 213 g/mol. The van der Waals surface area contributed by atoms with E-state index in [-0.39, 0.29) is 11.9 Å². The van der Waals surface area contributed by atoms with Crippen LogP contribution in [0.25, 0.3) is 0 Å². The molecule has 1 aliphatic heterocycles. The molecule has 0 aromatic heterocycles. The van der Waals surface area contributed by atoms with Crippen molar-refractivity contribution in [2.45, 2.75) is 46.1 Å². The molecule has 1 aliphatic rings. The lowest BCUT2D eigenvalue weighted by atomic mass is 9.93. The van der Waals surface area contributed by atoms with E-state index in [1.807, 2.05) is 0 Å². The molecule has 88 valence electrons. The van der Waals surface area contributed by atoms with Crippen LogP contribution in [0.2, 0.25) is 0 Å². The van der Waals surface area contributed by atoms with E-state index in [4.69, 9.17) is 4.74 Å². The van der Waals surface area contributed by atoms with Crippen LogP contribution >= 0.6 is 0 Å². The zero-order valence-electron chi connectivity index (χ0n) is 10.1. The van der Waals surface area contributed by atoms with E-state index in [2.05, 4.69) is 26.1 Å². The van der Waals surface area contributed by atoms with Crippen molar-refractivity contribution in [1.29, 1.82) is 0 Å². The van der Waals surface area contributed by atoms with Crippen LogP contribution in [0, 0.1) is 11.8 Å². The monoisotopic (exact) mass is 213 g/mol. The fourth-order valence-corrected chi connectivity index (χ4v) is 1.86. The number of carbonyl (C=O) groups excluding carboxylic acids is 1. The van der Waals surface area contributed by atoms with Gasteiger partial charge in [-0.1, -0.05) is 13.8 Å². The van der Waals surface area contributed by atoms with Crippen molar-refractivity contribution in [3.05, 3.63) is 0 Å². The predicted molar refractivity (Wildman–Crippen MR) is 60.6 cm³/mol. The maximum atomic E-state index is 11.7. The second kappa shape index (κ2) is 6.11. The van der Waals surface area contributed by atoms with Crippen LogP contribution in [0.4, 0.5) is 0 Å². The fraction of sp³-hybridized carbons (Fsp3) is 0.917. The molecule has 2 unspecified atom stereocenters. The van der Waals surface area contributed by atoms with Gasteiger partial charge < -0.3 is 10.1 Å². The number of nitrogens with one attached hydrogen (secondary N) is 1. The molecule has 0 aliphatic carbocycles. The summed E-state index contributed by atoms with van der Waals surface area (Å²) in [6.07, 6.45) is 2.80. The Bertz CT molecular complexity index is 204. The summed E-state index contributed by atoms with van der Waals surface area (Å²) in [5.41, 5.74) is 0. The fourth-order valence-electron chi connectivity index (χ4n) is 1.86. The van der Waals surface area contributed by atoms with Crippen LogP contribution in [0.15, 0.2) is 0 Å². The van der Waals surface area contributed by atoms with Gasteiger partial charge in [-0.25, -0.2) is 0 Å². The molecule has 0 radical (unpaired) electrons. The summed E-state index contributed by atoms with van der Waals surface area (Å²) in [5, 5.41) is 3.33. The van der Waals surface area contributed by atoms with Crippen LogP contribution < -0.4 is 5.32 Å². The summed E-state index contributed by atoms with van der Waals surface area (Å²) in [6.45, 7) is 7.91. The van der Waals surface area contributed by atoms with E-state index in [0.29, 0.717) is 18.6 Å². The molecule has 0 bridgehead atoms. The molecule has 3 nitrogen and oxygen atoms in total. The summed E-state index contributed by atoms with van der Waals surface area (Å²) in [7, 11) is 0. The molecule has 0 saturated carbocycles. The summed E-state index contributed by atoms with van der Waals surface area (Å²) in [6, 6.07) is 0.446. The van der Waals surface area contributed by atoms with Crippen LogP contribution in [-0.2, 0) is 9.53 Å². The van der Waals surface area contributed by atoms with Gasteiger partial charge in [-0.3, -0.25) is 4.79 Å². The van der Waals surface area contributed by atoms with E-state index < -0.39 is 0 Å². The van der Waals surface area contributed by atoms with Gasteiger partial charge in [0.25, 0.3) is 0 Å². The van der Waals surface area contributed by atoms with Crippen LogP contribution in [0.1, 0.15) is 40.0 Å². The average Bonchev–Trinajstić information content (AvgIpc) is 2.17. The zero-order valence-corrected chi connectivity index (χ0v) is 10.1. The molecule has 1 fully saturated rings. The molecule has 1 rings (SSSR count). The van der Waals surface area contributed by atoms with Crippen molar-refractivity contribution in [2.75, 3.05) is 13.2 Å². The Kier molecular flexibility index (Phi) is 5.09. The minimum atomic E-state index is 0.00370. The van der Waals surface area contributed by atoms with Gasteiger partial charge in [0.15, 0.2) is 0 Å². The Morgan fingerprint density at radius 2 is 2.27 bits per heavy atom. The molecule has 1 N–H and O–H groups in total. The van der Waals surface area contributed by atoms with Crippen LogP contribution in [-0.4, -0.2) is 25.2 Å². The largest absolute Gasteiger partial charge is 0.465 e. The molecule has 0 aromatic rings. The Morgan fingerprint density at radius 1 is 1.53 bits per heavy atom. The number of hydrogen-bond acceptors (Lipinski definition) is 3. The topological polar surface area (TPSA) is 38.3 Å². The third-order valence-electron chi connectivity index (χ3n) is 2.90. The Balaban J connectivity index is 2.21. The number of piperidine rings is 1. The molecule has 15 heavy (non-hydrogen) atoms. The number of carbonyl (C=O) groups is 1. The molecular formula is C12H23NO2. The second-order valence-electron chi connectivity index (χ2n) is 4.93. The van der Waals surface area contributed by atoms with Crippen molar-refractivity contribution in [3.8, 4) is 0 Å². The standard InChI is InChI=1S/C12H23NO2/c1-9(2)5-7-15-12(14)11-4-6-13-10(3)8-11/h9-11,13H,4-8H2,1-3H3. The molecule has 1 heterocycles. The van der Waals surface area contributed by atoms with Gasteiger partial charge in [-0.15, -0.1) is 0 Å². The Labute approximate surface area is 92.6 Å². The molecule has 0 aromatic carbocycles. The summed E-state index contributed by atoms with van der Waals surface area (Å²) < 4.78 is 5.27. The molecule has 2 atom stereocenters. The van der Waals surface area contributed by atoms with Gasteiger partial charge in [0.1, 0.15) is 0 Å². The Hall–Kier alpha value is -0.570. The van der Waals surface area contributed by atoms with E-state index in [1.165, 1.54) is 0 Å². The third kappa shape index (κ3) is 4.65. The van der Waals surface area contributed by atoms with Crippen molar-refractivity contribution in [2.24, 2.45) is 11.8 Å². The van der Waals surface area contributed by atoms with Gasteiger partial charge in [-0.05, 0) is 38.6 Å². The van der Waals surface area contributed by atoms with Gasteiger partial charge in [0, 0.05) is 6.04 Å². The lowest BCUT2D eigenvalue weighted by Crippen LogP contribution is -2.39. The van der Waals surface area contributed by atoms with E-state index >= 15 is 0 Å². The van der Waals surface area contributed by atoms with Crippen molar-refractivity contribution in [1.82, 2.24) is 5.32 Å². The minimum absolute atomic E-state index is 0.00370. The lowest BCUT2D eigenvalue weighted by molar-refractivity contribution is -0.150. The maximum Gasteiger partial charge on any atom is 0.309 e. The van der Waals surface area contributed by atoms with E-state index in [9.17, 15) is 4.79 Å². The first-order chi connectivity index (χ1) is 7.09. The highest BCUT2D eigenvalue weighted by Gasteiger charge is 2.25. The SMILES string of the molecule is CC(C)CCOC(=O)C1CCNC(C)C1. The summed E-state index contributed by atoms with van der Waals surface area (Å²) in [4.78, 5) is 11.7. The van der Waals surface area contributed by atoms with Crippen molar-refractivity contribution >= 4 is 5.97 Å². The second-order valence-corrected chi connectivity index (χ2v) is 4.93. The van der Waals surface area contributed by atoms with E-state index in [0.717, 1.165) is 25.8 Å². The smallest absolute Gasteiger partial charge is 0.309 e. The first-order valence-electron chi connectivity index (χ1n) is 5.99. The summed E-state index contributed by atoms with van der Waals surface area (Å²) in [5.74, 6) is 0.724. The Morgan fingerprint density at radius 3 is 2.87 bits per heavy atom. The normalized spacial score (nSPS) is 26.7. The van der Waals surface area contributed by atoms with Crippen molar-refractivity contribution < 1.29 is 9.53 Å². The number of rotatable bonds is 4. The van der Waals surface area contributed by atoms with E-state index in [1.54, 1.807) is 0 Å². The van der Waals surface area contributed by atoms with Gasteiger partial charge in [0.05, 0.1) is 12.5 Å². The predicted octanol–water partition coefficient (Wildman–Crippen LogP) is 1.96. The number of hydrogen-bond donors (Lipinski definition) is 1. The lowest BCUT2D eigenvalue weighted by Gasteiger charge is -2.26. The minimum Gasteiger partial charge on any atom is -0.465 e. The molecule has 1 saturated heterocycles. The maximum absolute atomic E-state index is 11.7. The first kappa shape index (κ1) is 12.5. The first-order valence-corrected chi connectivity index (χ1v) is 5.99. The highest BCUT2D eigenvalue weighted by atomic mass is 16.5. The molecule has 0 spiro atoms. The van der Waals surface area contributed by atoms with Crippen molar-refractivity contribution in [3.63, 3.8) is 0 Å². The zero-order chi connectivity index (χ0) is 11.3. The van der Waals surface area contributed by atoms with Gasteiger partial charge in [-0.2, -0.15) is 0 Å². The number of esters is 1. The summed E-state index contributed by atoms with van der Waals surface area (Å²) >= 11 is 0. The van der Waals surface area contributed by atoms with Crippen LogP contribution in [0.3, 0.4) is 0 Å². The van der Waals surface area contributed by atoms with Gasteiger partial charge in [0.2, 0.25) is 0 Å². The molecular weight excluding hydrogens is 190 g/mol. The third-order valence-corrected chi connectivity index (χ3v) is 2.90.